The molecule has 9 atom stereocenters. The Morgan fingerprint density at radius 2 is 1.69 bits per heavy atom. The molecule has 0 amide bonds. The Morgan fingerprint density at radius 1 is 0.944 bits per heavy atom. The summed E-state index contributed by atoms with van der Waals surface area (Å²) in [7, 11) is 0. The fourth-order valence-electron chi connectivity index (χ4n) is 10.0. The Bertz CT molecular complexity index is 716. The molecule has 36 heavy (non-hydrogen) atoms. The highest BCUT2D eigenvalue weighted by Crippen LogP contribution is 2.68. The summed E-state index contributed by atoms with van der Waals surface area (Å²) in [5.74, 6) is 4.25. The average Bonchev–Trinajstić information content (AvgIpc) is 3.21. The summed E-state index contributed by atoms with van der Waals surface area (Å²) in [5.41, 5.74) is 6.56. The van der Waals surface area contributed by atoms with E-state index in [1.165, 1.54) is 70.6 Å². The lowest BCUT2D eigenvalue weighted by atomic mass is 9.44. The number of carboxylic acids is 1. The number of rotatable bonds is 13. The van der Waals surface area contributed by atoms with E-state index < -0.39 is 5.97 Å². The highest BCUT2D eigenvalue weighted by molar-refractivity contribution is 5.66. The van der Waals surface area contributed by atoms with Crippen molar-refractivity contribution in [3.63, 3.8) is 0 Å². The molecule has 0 aromatic rings. The smallest absolute Gasteiger partial charge is 0.303 e. The number of nitrogens with two attached hydrogens (primary N) is 1. The van der Waals surface area contributed by atoms with Crippen molar-refractivity contribution in [3.8, 4) is 0 Å². The molecule has 4 unspecified atom stereocenters. The normalized spacial score (nSPS) is 40.8. The lowest BCUT2D eigenvalue weighted by molar-refractivity contribution is -0.137. The van der Waals surface area contributed by atoms with Gasteiger partial charge in [-0.3, -0.25) is 4.79 Å². The lowest BCUT2D eigenvalue weighted by Gasteiger charge is -2.61. The molecule has 0 aliphatic heterocycles. The average molecular weight is 504 g/mol. The summed E-state index contributed by atoms with van der Waals surface area (Å²) in [5, 5.41) is 16.7. The van der Waals surface area contributed by atoms with E-state index in [9.17, 15) is 9.90 Å². The van der Waals surface area contributed by atoms with Gasteiger partial charge in [0.1, 0.15) is 0 Å². The van der Waals surface area contributed by atoms with Gasteiger partial charge in [0, 0.05) is 12.5 Å². The van der Waals surface area contributed by atoms with Gasteiger partial charge < -0.3 is 21.5 Å². The number of carboxylic acid groups (broad SMARTS) is 1. The molecule has 4 rings (SSSR count). The maximum absolute atomic E-state index is 11.2. The highest BCUT2D eigenvalue weighted by Gasteiger charge is 2.60. The lowest BCUT2D eigenvalue weighted by Crippen LogP contribution is -2.55. The molecular weight excluding hydrogens is 446 g/mol. The van der Waals surface area contributed by atoms with E-state index in [0.29, 0.717) is 23.2 Å². The number of carbonyl (C=O) groups is 1. The molecule has 5 heteroatoms. The highest BCUT2D eigenvalue weighted by atomic mass is 16.4. The third-order valence-electron chi connectivity index (χ3n) is 12.0. The van der Waals surface area contributed by atoms with Gasteiger partial charge in [-0.1, -0.05) is 20.8 Å². The zero-order chi connectivity index (χ0) is 25.8. The Labute approximate surface area is 221 Å². The second-order valence-electron chi connectivity index (χ2n) is 13.8. The topological polar surface area (TPSA) is 87.4 Å². The van der Waals surface area contributed by atoms with Gasteiger partial charge in [-0.2, -0.15) is 0 Å². The fourth-order valence-corrected chi connectivity index (χ4v) is 10.0. The van der Waals surface area contributed by atoms with Gasteiger partial charge in [0.15, 0.2) is 0 Å². The van der Waals surface area contributed by atoms with Gasteiger partial charge in [0.2, 0.25) is 0 Å². The second kappa shape index (κ2) is 12.5. The van der Waals surface area contributed by atoms with Crippen molar-refractivity contribution in [1.29, 1.82) is 0 Å². The number of unbranched alkanes of at least 4 members (excludes halogenated alkanes) is 1. The van der Waals surface area contributed by atoms with Crippen LogP contribution in [0.2, 0.25) is 0 Å². The van der Waals surface area contributed by atoms with Crippen LogP contribution in [0, 0.1) is 46.3 Å². The van der Waals surface area contributed by atoms with E-state index in [4.69, 9.17) is 5.73 Å². The summed E-state index contributed by atoms with van der Waals surface area (Å²) < 4.78 is 0. The van der Waals surface area contributed by atoms with Crippen molar-refractivity contribution < 1.29 is 9.90 Å². The molecule has 0 saturated heterocycles. The summed E-state index contributed by atoms with van der Waals surface area (Å²) in [4.78, 5) is 11.2. The molecule has 4 aliphatic rings. The maximum atomic E-state index is 11.2. The summed E-state index contributed by atoms with van der Waals surface area (Å²) in [6, 6.07) is 0.719. The number of aliphatic carboxylic acids is 1. The van der Waals surface area contributed by atoms with Gasteiger partial charge in [-0.05, 0) is 156 Å². The molecule has 4 saturated carbocycles. The number of hydrogen-bond donors (Lipinski definition) is 4. The first-order chi connectivity index (χ1) is 17.3. The van der Waals surface area contributed by atoms with Crippen molar-refractivity contribution in [1.82, 2.24) is 10.6 Å². The van der Waals surface area contributed by atoms with Crippen LogP contribution in [-0.4, -0.2) is 43.3 Å². The number of nitrogens with one attached hydrogen (secondary N) is 2. The van der Waals surface area contributed by atoms with Crippen molar-refractivity contribution >= 4 is 5.97 Å². The molecule has 4 aliphatic carbocycles. The van der Waals surface area contributed by atoms with Crippen LogP contribution >= 0.6 is 0 Å². The van der Waals surface area contributed by atoms with Crippen molar-refractivity contribution in [3.05, 3.63) is 0 Å². The molecule has 0 aromatic carbocycles. The predicted octanol–water partition coefficient (Wildman–Crippen LogP) is 5.82. The molecule has 0 radical (unpaired) electrons. The molecule has 5 nitrogen and oxygen atoms in total. The molecule has 5 N–H and O–H groups in total. The first-order valence-electron chi connectivity index (χ1n) is 15.7. The van der Waals surface area contributed by atoms with Crippen LogP contribution in [-0.2, 0) is 4.79 Å². The van der Waals surface area contributed by atoms with E-state index in [-0.39, 0.29) is 0 Å². The third kappa shape index (κ3) is 5.99. The van der Waals surface area contributed by atoms with Crippen LogP contribution in [0.4, 0.5) is 0 Å². The Kier molecular flexibility index (Phi) is 9.82. The van der Waals surface area contributed by atoms with Crippen molar-refractivity contribution in [2.24, 2.45) is 52.1 Å². The minimum Gasteiger partial charge on any atom is -0.481 e. The summed E-state index contributed by atoms with van der Waals surface area (Å²) in [6.45, 7) is 11.8. The SMILES string of the molecule is CC(CCC(=O)O)[C@H]1CCC2C3CC[C@H]4C[C@H](NCCCNCCCCN)CC[C@]4(C)C3CC[C@@]21C. The molecule has 208 valence electrons. The van der Waals surface area contributed by atoms with Crippen LogP contribution in [0.3, 0.4) is 0 Å². The van der Waals surface area contributed by atoms with Crippen molar-refractivity contribution in [2.75, 3.05) is 26.2 Å². The molecule has 0 aromatic heterocycles. The van der Waals surface area contributed by atoms with Crippen LogP contribution in [0.25, 0.3) is 0 Å². The first-order valence-corrected chi connectivity index (χ1v) is 15.7. The number of hydrogen-bond acceptors (Lipinski definition) is 4. The monoisotopic (exact) mass is 503 g/mol. The Hall–Kier alpha value is -0.650. The van der Waals surface area contributed by atoms with Gasteiger partial charge in [0.25, 0.3) is 0 Å². The summed E-state index contributed by atoms with van der Waals surface area (Å²) in [6.07, 6.45) is 17.3. The minimum atomic E-state index is -0.628. The fraction of sp³-hybridized carbons (Fsp3) is 0.968. The predicted molar refractivity (Wildman–Crippen MR) is 149 cm³/mol. The molecular formula is C31H57N3O2. The Morgan fingerprint density at radius 3 is 2.47 bits per heavy atom. The van der Waals surface area contributed by atoms with Crippen LogP contribution in [0.15, 0.2) is 0 Å². The van der Waals surface area contributed by atoms with E-state index in [1.54, 1.807) is 0 Å². The molecule has 0 bridgehead atoms. The van der Waals surface area contributed by atoms with Crippen LogP contribution in [0.1, 0.15) is 111 Å². The standard InChI is InChI=1S/C31H57N3O2/c1-22(7-12-29(35)36)26-10-11-27-25-9-8-23-21-24(34-20-6-19-33-18-5-4-17-32)13-15-30(23,2)28(25)14-16-31(26,27)3/h22-28,33-34H,4-21,32H2,1-3H3,(H,35,36)/t22?,23-,24+,25?,26+,27?,28?,30-,31+/m0/s1. The Balaban J connectivity index is 1.27. The molecule has 4 fully saturated rings. The van der Waals surface area contributed by atoms with E-state index in [1.807, 2.05) is 0 Å². The van der Waals surface area contributed by atoms with Gasteiger partial charge in [-0.15, -0.1) is 0 Å². The molecule has 0 spiro atoms. The van der Waals surface area contributed by atoms with Gasteiger partial charge in [0.05, 0.1) is 0 Å². The van der Waals surface area contributed by atoms with Crippen LogP contribution < -0.4 is 16.4 Å². The molecule has 0 heterocycles. The largest absolute Gasteiger partial charge is 0.481 e. The zero-order valence-electron chi connectivity index (χ0n) is 23.7. The van der Waals surface area contributed by atoms with Gasteiger partial charge >= 0.3 is 5.97 Å². The van der Waals surface area contributed by atoms with E-state index in [0.717, 1.165) is 74.7 Å². The van der Waals surface area contributed by atoms with Crippen molar-refractivity contribution in [2.45, 2.75) is 117 Å². The zero-order valence-corrected chi connectivity index (χ0v) is 23.7. The quantitative estimate of drug-likeness (QED) is 0.238. The van der Waals surface area contributed by atoms with E-state index in [2.05, 4.69) is 31.4 Å². The number of fused-ring (bicyclic) bond motifs is 5. The third-order valence-corrected chi connectivity index (χ3v) is 12.0. The van der Waals surface area contributed by atoms with Gasteiger partial charge in [-0.25, -0.2) is 0 Å². The van der Waals surface area contributed by atoms with E-state index >= 15 is 0 Å². The minimum absolute atomic E-state index is 0.338. The second-order valence-corrected chi connectivity index (χ2v) is 13.8. The van der Waals surface area contributed by atoms with Crippen LogP contribution in [0.5, 0.6) is 0 Å². The first kappa shape index (κ1) is 28.4. The maximum Gasteiger partial charge on any atom is 0.303 e. The summed E-state index contributed by atoms with van der Waals surface area (Å²) >= 11 is 0.